The van der Waals surface area contributed by atoms with E-state index in [1.807, 2.05) is 37.5 Å². The highest BCUT2D eigenvalue weighted by molar-refractivity contribution is 5.45. The molecule has 0 aromatic carbocycles. The van der Waals surface area contributed by atoms with E-state index < -0.39 is 0 Å². The summed E-state index contributed by atoms with van der Waals surface area (Å²) >= 11 is 0. The highest BCUT2D eigenvalue weighted by Crippen LogP contribution is 2.22. The Morgan fingerprint density at radius 1 is 0.931 bits per heavy atom. The van der Waals surface area contributed by atoms with Gasteiger partial charge in [-0.15, -0.1) is 0 Å². The van der Waals surface area contributed by atoms with Crippen molar-refractivity contribution in [2.45, 2.75) is 33.6 Å². The first-order valence-electron chi connectivity index (χ1n) is 9.95. The molecule has 0 amide bonds. The van der Waals surface area contributed by atoms with Crippen molar-refractivity contribution in [3.05, 3.63) is 77.2 Å². The third kappa shape index (κ3) is 4.38. The molecule has 0 aliphatic carbocycles. The first kappa shape index (κ1) is 18.9. The molecule has 5 heteroatoms. The van der Waals surface area contributed by atoms with Gasteiger partial charge in [0.25, 0.3) is 0 Å². The van der Waals surface area contributed by atoms with Crippen LogP contribution >= 0.6 is 0 Å². The summed E-state index contributed by atoms with van der Waals surface area (Å²) in [5, 5.41) is 0. The molecule has 5 nitrogen and oxygen atoms in total. The van der Waals surface area contributed by atoms with Crippen molar-refractivity contribution in [1.82, 2.24) is 19.5 Å². The van der Waals surface area contributed by atoms with Crippen LogP contribution in [0.3, 0.4) is 0 Å². The second kappa shape index (κ2) is 8.32. The summed E-state index contributed by atoms with van der Waals surface area (Å²) in [6, 6.07) is 10.1. The number of anilines is 1. The molecule has 1 fully saturated rings. The first-order valence-corrected chi connectivity index (χ1v) is 9.95. The van der Waals surface area contributed by atoms with Crippen molar-refractivity contribution in [1.29, 1.82) is 0 Å². The van der Waals surface area contributed by atoms with Crippen molar-refractivity contribution in [2.24, 2.45) is 0 Å². The molecule has 146 valence electrons. The zero-order valence-corrected chi connectivity index (χ0v) is 17.2. The molecule has 1 saturated heterocycles. The van der Waals surface area contributed by atoms with Gasteiger partial charge < -0.3 is 4.90 Å². The third-order valence-corrected chi connectivity index (χ3v) is 5.23. The summed E-state index contributed by atoms with van der Waals surface area (Å²) in [5.74, 6) is 7.03. The van der Waals surface area contributed by atoms with Crippen molar-refractivity contribution >= 4 is 5.69 Å². The summed E-state index contributed by atoms with van der Waals surface area (Å²) < 4.78 is 2.07. The number of aromatic nitrogens is 4. The summed E-state index contributed by atoms with van der Waals surface area (Å²) in [7, 11) is 0. The Kier molecular flexibility index (Phi) is 5.44. The zero-order valence-electron chi connectivity index (χ0n) is 17.2. The van der Waals surface area contributed by atoms with E-state index in [9.17, 15) is 0 Å². The van der Waals surface area contributed by atoms with Crippen LogP contribution in [0.2, 0.25) is 0 Å². The number of aryl methyl sites for hydroxylation is 3. The maximum Gasteiger partial charge on any atom is 0.234 e. The molecule has 29 heavy (non-hydrogen) atoms. The molecule has 3 aromatic rings. The molecule has 0 N–H and O–H groups in total. The Hall–Kier alpha value is -3.39. The SMILES string of the molecule is Cc1cccc(C#CC=C2CCN(c3cnc(-n4c(C)ccc4C)nc3)CC2)n1. The molecule has 4 heterocycles. The molecular weight excluding hydrogens is 358 g/mol. The molecule has 0 spiro atoms. The number of hydrogen-bond donors (Lipinski definition) is 0. The van der Waals surface area contributed by atoms with Crippen molar-refractivity contribution in [3.63, 3.8) is 0 Å². The Morgan fingerprint density at radius 3 is 2.28 bits per heavy atom. The maximum absolute atomic E-state index is 4.59. The van der Waals surface area contributed by atoms with Gasteiger partial charge in [-0.3, -0.25) is 4.57 Å². The molecule has 1 aliphatic heterocycles. The van der Waals surface area contributed by atoms with Crippen LogP contribution in [0.25, 0.3) is 5.95 Å². The topological polar surface area (TPSA) is 46.8 Å². The Morgan fingerprint density at radius 2 is 1.62 bits per heavy atom. The molecule has 0 unspecified atom stereocenters. The lowest BCUT2D eigenvalue weighted by molar-refractivity contribution is 0.682. The smallest absolute Gasteiger partial charge is 0.234 e. The zero-order chi connectivity index (χ0) is 20.2. The van der Waals surface area contributed by atoms with Gasteiger partial charge in [0.2, 0.25) is 5.95 Å². The number of pyridine rings is 1. The molecule has 0 bridgehead atoms. The Bertz CT molecular complexity index is 1070. The minimum Gasteiger partial charge on any atom is -0.368 e. The lowest BCUT2D eigenvalue weighted by Crippen LogP contribution is -2.30. The van der Waals surface area contributed by atoms with Gasteiger partial charge in [-0.25, -0.2) is 15.0 Å². The predicted octanol–water partition coefficient (Wildman–Crippen LogP) is 4.17. The molecule has 4 rings (SSSR count). The van der Waals surface area contributed by atoms with E-state index in [-0.39, 0.29) is 0 Å². The maximum atomic E-state index is 4.59. The standard InChI is InChI=1S/C24H25N5/c1-18-6-4-8-22(27-18)9-5-7-21-12-14-28(15-13-21)23-16-25-24(26-17-23)29-19(2)10-11-20(29)3/h4,6-8,10-11,16-17H,12-15H2,1-3H3. The third-order valence-electron chi connectivity index (χ3n) is 5.23. The van der Waals surface area contributed by atoms with Gasteiger partial charge >= 0.3 is 0 Å². The van der Waals surface area contributed by atoms with E-state index in [2.05, 4.69) is 68.3 Å². The highest BCUT2D eigenvalue weighted by atomic mass is 15.2. The van der Waals surface area contributed by atoms with Crippen molar-refractivity contribution < 1.29 is 0 Å². The quantitative estimate of drug-likeness (QED) is 0.623. The summed E-state index contributed by atoms with van der Waals surface area (Å²) in [5.41, 5.74) is 6.57. The largest absolute Gasteiger partial charge is 0.368 e. The van der Waals surface area contributed by atoms with Crippen LogP contribution in [0.15, 0.2) is 54.4 Å². The van der Waals surface area contributed by atoms with E-state index in [1.54, 1.807) is 0 Å². The minimum atomic E-state index is 0.728. The molecule has 0 radical (unpaired) electrons. The fraction of sp³-hybridized carbons (Fsp3) is 0.292. The molecule has 0 saturated carbocycles. The molecule has 3 aromatic heterocycles. The van der Waals surface area contributed by atoms with Crippen LogP contribution < -0.4 is 4.90 Å². The fourth-order valence-electron chi connectivity index (χ4n) is 3.60. The van der Waals surface area contributed by atoms with Gasteiger partial charge in [0, 0.05) is 30.2 Å². The number of nitrogens with zero attached hydrogens (tertiary/aromatic N) is 5. The van der Waals surface area contributed by atoms with Gasteiger partial charge in [-0.05, 0) is 69.9 Å². The van der Waals surface area contributed by atoms with Gasteiger partial charge in [-0.2, -0.15) is 0 Å². The molecule has 1 aliphatic rings. The lowest BCUT2D eigenvalue weighted by atomic mass is 10.0. The number of rotatable bonds is 2. The minimum absolute atomic E-state index is 0.728. The number of allylic oxidation sites excluding steroid dienone is 1. The van der Waals surface area contributed by atoms with Crippen LogP contribution in [0.5, 0.6) is 0 Å². The van der Waals surface area contributed by atoms with Crippen molar-refractivity contribution in [2.75, 3.05) is 18.0 Å². The van der Waals surface area contributed by atoms with E-state index in [1.165, 1.54) is 5.57 Å². The van der Waals surface area contributed by atoms with Gasteiger partial charge in [0.05, 0.1) is 18.1 Å². The van der Waals surface area contributed by atoms with Crippen molar-refractivity contribution in [3.8, 4) is 17.8 Å². The van der Waals surface area contributed by atoms with Gasteiger partial charge in [-0.1, -0.05) is 17.6 Å². The van der Waals surface area contributed by atoms with E-state index in [0.717, 1.165) is 60.3 Å². The lowest BCUT2D eigenvalue weighted by Gasteiger charge is -2.29. The monoisotopic (exact) mass is 383 g/mol. The summed E-state index contributed by atoms with van der Waals surface area (Å²) in [6.45, 7) is 8.04. The molecular formula is C24H25N5. The van der Waals surface area contributed by atoms with Crippen LogP contribution in [-0.2, 0) is 0 Å². The molecule has 0 atom stereocenters. The number of piperidine rings is 1. The van der Waals surface area contributed by atoms with Crippen LogP contribution in [0, 0.1) is 32.6 Å². The van der Waals surface area contributed by atoms with Crippen LogP contribution in [-0.4, -0.2) is 32.6 Å². The van der Waals surface area contributed by atoms with E-state index >= 15 is 0 Å². The second-order valence-electron chi connectivity index (χ2n) is 7.42. The van der Waals surface area contributed by atoms with E-state index in [0.29, 0.717) is 0 Å². The first-order chi connectivity index (χ1) is 14.1. The average molecular weight is 383 g/mol. The van der Waals surface area contributed by atoms with Crippen LogP contribution in [0.4, 0.5) is 5.69 Å². The van der Waals surface area contributed by atoms with Crippen LogP contribution in [0.1, 0.15) is 35.6 Å². The average Bonchev–Trinajstić information content (AvgIpc) is 3.07. The van der Waals surface area contributed by atoms with Gasteiger partial charge in [0.1, 0.15) is 5.69 Å². The summed E-state index contributed by atoms with van der Waals surface area (Å²) in [4.78, 5) is 15.9. The highest BCUT2D eigenvalue weighted by Gasteiger charge is 2.15. The second-order valence-corrected chi connectivity index (χ2v) is 7.42. The fourth-order valence-corrected chi connectivity index (χ4v) is 3.60. The van der Waals surface area contributed by atoms with Gasteiger partial charge in [0.15, 0.2) is 0 Å². The normalized spacial score (nSPS) is 13.8. The van der Waals surface area contributed by atoms with E-state index in [4.69, 9.17) is 0 Å². The number of hydrogen-bond acceptors (Lipinski definition) is 4. The Balaban J connectivity index is 1.38. The summed E-state index contributed by atoms with van der Waals surface area (Å²) in [6.07, 6.45) is 7.93. The Labute approximate surface area is 172 Å². The predicted molar refractivity (Wildman–Crippen MR) is 116 cm³/mol.